The van der Waals surface area contributed by atoms with Crippen LogP contribution in [-0.2, 0) is 10.2 Å². The van der Waals surface area contributed by atoms with Crippen molar-refractivity contribution in [1.82, 2.24) is 0 Å². The quantitative estimate of drug-likeness (QED) is 0.334. The smallest absolute Gasteiger partial charge is 0.219 e. The minimum Gasteiger partial charge on any atom is -0.506 e. The molecule has 2 heterocycles. The van der Waals surface area contributed by atoms with Gasteiger partial charge in [-0.25, -0.2) is 0 Å². The van der Waals surface area contributed by atoms with E-state index in [2.05, 4.69) is 93.5 Å². The first kappa shape index (κ1) is 26.7. The number of aliphatic hydroxyl groups is 1. The summed E-state index contributed by atoms with van der Waals surface area (Å²) in [4.78, 5) is 18.2. The molecule has 0 saturated carbocycles. The normalized spacial score (nSPS) is 19.8. The lowest BCUT2D eigenvalue weighted by molar-refractivity contribution is -0.113. The van der Waals surface area contributed by atoms with Gasteiger partial charge in [0.2, 0.25) is 26.9 Å². The molecule has 2 nitrogen and oxygen atoms in total. The SMILES string of the molecule is CC(C)C1=CC(=CC2=C(O)C(=Cc3cc(C(C)C)[s+]c(C(C)(C)C)c3)C2=O)C=C(C(C)(C)C)S1. The lowest BCUT2D eigenvalue weighted by Crippen LogP contribution is -2.21. The van der Waals surface area contributed by atoms with E-state index in [1.165, 1.54) is 19.6 Å². The van der Waals surface area contributed by atoms with Gasteiger partial charge in [0, 0.05) is 23.5 Å². The molecule has 0 fully saturated rings. The summed E-state index contributed by atoms with van der Waals surface area (Å²) in [5.41, 5.74) is 2.79. The molecule has 1 N–H and O–H groups in total. The van der Waals surface area contributed by atoms with Crippen LogP contribution in [0.15, 0.2) is 62.6 Å². The third-order valence-electron chi connectivity index (χ3n) is 5.91. The summed E-state index contributed by atoms with van der Waals surface area (Å²) in [7, 11) is 0. The van der Waals surface area contributed by atoms with Gasteiger partial charge in [-0.1, -0.05) is 81.0 Å². The summed E-state index contributed by atoms with van der Waals surface area (Å²) in [6.07, 6.45) is 7.98. The van der Waals surface area contributed by atoms with Crippen LogP contribution >= 0.6 is 23.1 Å². The fraction of sp³-hybridized carbons (Fsp3) is 0.467. The van der Waals surface area contributed by atoms with E-state index < -0.39 is 0 Å². The number of carbonyl (C=O) groups is 1. The van der Waals surface area contributed by atoms with Gasteiger partial charge in [0.05, 0.1) is 11.1 Å². The molecule has 3 rings (SSSR count). The zero-order valence-electron chi connectivity index (χ0n) is 22.3. The van der Waals surface area contributed by atoms with Crippen molar-refractivity contribution in [2.24, 2.45) is 11.3 Å². The van der Waals surface area contributed by atoms with Crippen LogP contribution in [0.4, 0.5) is 0 Å². The van der Waals surface area contributed by atoms with Crippen LogP contribution in [-0.4, -0.2) is 10.9 Å². The average Bonchev–Trinajstić information content (AvgIpc) is 2.73. The molecule has 1 aliphatic carbocycles. The van der Waals surface area contributed by atoms with Crippen molar-refractivity contribution in [1.29, 1.82) is 0 Å². The van der Waals surface area contributed by atoms with Gasteiger partial charge in [-0.3, -0.25) is 4.79 Å². The van der Waals surface area contributed by atoms with Gasteiger partial charge in [-0.15, -0.1) is 0 Å². The molecule has 0 saturated heterocycles. The summed E-state index contributed by atoms with van der Waals surface area (Å²) in [5.74, 6) is 0.808. The predicted octanol–water partition coefficient (Wildman–Crippen LogP) is 9.37. The molecule has 0 radical (unpaired) electrons. The highest BCUT2D eigenvalue weighted by molar-refractivity contribution is 8.06. The summed E-state index contributed by atoms with van der Waals surface area (Å²) in [6.45, 7) is 22.0. The van der Waals surface area contributed by atoms with Crippen molar-refractivity contribution < 1.29 is 9.90 Å². The summed E-state index contributed by atoms with van der Waals surface area (Å²) in [6, 6.07) is 4.29. The highest BCUT2D eigenvalue weighted by Gasteiger charge is 2.34. The Bertz CT molecular complexity index is 1160. The molecule has 0 bridgehead atoms. The van der Waals surface area contributed by atoms with Crippen LogP contribution in [0.2, 0.25) is 0 Å². The molecule has 2 aliphatic rings. The zero-order chi connectivity index (χ0) is 25.6. The van der Waals surface area contributed by atoms with E-state index in [0.717, 1.165) is 11.1 Å². The van der Waals surface area contributed by atoms with Gasteiger partial charge >= 0.3 is 0 Å². The Morgan fingerprint density at radius 3 is 2.06 bits per heavy atom. The van der Waals surface area contributed by atoms with Crippen molar-refractivity contribution in [3.05, 3.63) is 78.0 Å². The summed E-state index contributed by atoms with van der Waals surface area (Å²) >= 11 is 3.64. The Hall–Kier alpha value is -1.91. The van der Waals surface area contributed by atoms with Crippen molar-refractivity contribution in [3.8, 4) is 0 Å². The Morgan fingerprint density at radius 2 is 1.56 bits per heavy atom. The average molecular weight is 496 g/mol. The molecule has 34 heavy (non-hydrogen) atoms. The van der Waals surface area contributed by atoms with E-state index in [-0.39, 0.29) is 22.4 Å². The Labute approximate surface area is 214 Å². The Balaban J connectivity index is 2.03. The molecule has 0 unspecified atom stereocenters. The number of allylic oxidation sites excluding steroid dienone is 8. The maximum Gasteiger partial charge on any atom is 0.219 e. The molecule has 0 aromatic carbocycles. The maximum absolute atomic E-state index is 13.1. The van der Waals surface area contributed by atoms with Gasteiger partial charge in [0.15, 0.2) is 0 Å². The number of Topliss-reactive ketones (excluding diaryl/α,β-unsaturated/α-hetero) is 1. The summed E-state index contributed by atoms with van der Waals surface area (Å²) in [5, 5.41) is 10.8. The lowest BCUT2D eigenvalue weighted by Gasteiger charge is -2.28. The largest absolute Gasteiger partial charge is 0.506 e. The highest BCUT2D eigenvalue weighted by Crippen LogP contribution is 2.46. The molecule has 0 atom stereocenters. The van der Waals surface area contributed by atoms with E-state index in [9.17, 15) is 9.90 Å². The Morgan fingerprint density at radius 1 is 0.912 bits per heavy atom. The zero-order valence-corrected chi connectivity index (χ0v) is 23.9. The number of ketones is 1. The summed E-state index contributed by atoms with van der Waals surface area (Å²) < 4.78 is 0. The van der Waals surface area contributed by atoms with Crippen molar-refractivity contribution in [2.45, 2.75) is 80.6 Å². The lowest BCUT2D eigenvalue weighted by atomic mass is 9.84. The molecule has 1 aromatic rings. The molecule has 0 amide bonds. The van der Waals surface area contributed by atoms with E-state index in [4.69, 9.17) is 0 Å². The Kier molecular flexibility index (Phi) is 7.55. The van der Waals surface area contributed by atoms with E-state index in [1.807, 2.05) is 35.3 Å². The van der Waals surface area contributed by atoms with Gasteiger partial charge in [-0.2, -0.15) is 0 Å². The molecular weight excluding hydrogens is 456 g/mol. The standard InChI is InChI=1S/C30H38O2S2/c1-17(2)23-13-19(15-25(33-23)29(5,6)7)11-21-27(31)22(28(21)32)12-20-14-24(18(3)4)34-26(16-20)30(8,9)10/h11-18H,1-10H3/p+1. The first-order valence-corrected chi connectivity index (χ1v) is 13.7. The van der Waals surface area contributed by atoms with Crippen molar-refractivity contribution >= 4 is 35.0 Å². The van der Waals surface area contributed by atoms with Crippen LogP contribution in [0.5, 0.6) is 0 Å². The second kappa shape index (κ2) is 9.62. The number of hydrogen-bond donors (Lipinski definition) is 1. The molecule has 1 aromatic heterocycles. The van der Waals surface area contributed by atoms with Gasteiger partial charge in [0.1, 0.15) is 5.76 Å². The van der Waals surface area contributed by atoms with Crippen LogP contribution in [0.3, 0.4) is 0 Å². The third-order valence-corrected chi connectivity index (χ3v) is 9.46. The fourth-order valence-corrected chi connectivity index (χ4v) is 5.98. The molecule has 1 aliphatic heterocycles. The predicted molar refractivity (Wildman–Crippen MR) is 150 cm³/mol. The minimum atomic E-state index is -0.0932. The molecular formula is C30H39O2S2+. The number of thioether (sulfide) groups is 1. The first-order chi connectivity index (χ1) is 15.6. The van der Waals surface area contributed by atoms with E-state index >= 15 is 0 Å². The van der Waals surface area contributed by atoms with Crippen LogP contribution < -0.4 is 0 Å². The fourth-order valence-electron chi connectivity index (χ4n) is 3.61. The number of carbonyl (C=O) groups excluding carboxylic acids is 1. The van der Waals surface area contributed by atoms with E-state index in [0.29, 0.717) is 23.0 Å². The molecule has 182 valence electrons. The van der Waals surface area contributed by atoms with Crippen LogP contribution in [0.1, 0.15) is 90.5 Å². The third kappa shape index (κ3) is 5.83. The van der Waals surface area contributed by atoms with Crippen molar-refractivity contribution in [3.63, 3.8) is 0 Å². The van der Waals surface area contributed by atoms with Crippen molar-refractivity contribution in [2.75, 3.05) is 0 Å². The van der Waals surface area contributed by atoms with Gasteiger partial charge in [0.25, 0.3) is 0 Å². The van der Waals surface area contributed by atoms with Gasteiger partial charge < -0.3 is 5.11 Å². The topological polar surface area (TPSA) is 37.3 Å². The number of hydrogen-bond acceptors (Lipinski definition) is 3. The molecule has 4 heteroatoms. The second-order valence-electron chi connectivity index (χ2n) is 11.9. The number of aliphatic hydroxyl groups excluding tert-OH is 1. The van der Waals surface area contributed by atoms with Crippen LogP contribution in [0, 0.1) is 11.3 Å². The molecule has 0 spiro atoms. The van der Waals surface area contributed by atoms with Gasteiger partial charge in [-0.05, 0) is 56.6 Å². The van der Waals surface area contributed by atoms with E-state index in [1.54, 1.807) is 0 Å². The minimum absolute atomic E-state index is 0.0243. The number of rotatable bonds is 4. The highest BCUT2D eigenvalue weighted by atomic mass is 32.2. The first-order valence-electron chi connectivity index (χ1n) is 12.1. The van der Waals surface area contributed by atoms with Crippen LogP contribution in [0.25, 0.3) is 6.08 Å². The second-order valence-corrected chi connectivity index (χ2v) is 14.1. The maximum atomic E-state index is 13.1. The monoisotopic (exact) mass is 495 g/mol.